The fourth-order valence-corrected chi connectivity index (χ4v) is 1.99. The van der Waals surface area contributed by atoms with Crippen molar-refractivity contribution in [1.29, 1.82) is 0 Å². The molecular formula is C10H17NS. The average Bonchev–Trinajstić information content (AvgIpc) is 2.03. The second kappa shape index (κ2) is 3.48. The van der Waals surface area contributed by atoms with Gasteiger partial charge in [-0.05, 0) is 42.2 Å². The molecule has 0 aliphatic rings. The fourth-order valence-electron chi connectivity index (χ4n) is 1.03. The summed E-state index contributed by atoms with van der Waals surface area (Å²) in [5.41, 5.74) is 1.20. The van der Waals surface area contributed by atoms with Gasteiger partial charge >= 0.3 is 0 Å². The van der Waals surface area contributed by atoms with Crippen LogP contribution in [0.15, 0.2) is 23.2 Å². The molecule has 2 heteroatoms. The minimum Gasteiger partial charge on any atom is -0.261 e. The monoisotopic (exact) mass is 183 g/mol. The smallest absolute Gasteiger partial charge is 0.0411 e. The standard InChI is InChI=1S/C10H17NS/c1-5-9-8-10(6-7-11-9)12(2,3)4/h6-8H,5H2,1-4H3. The molecule has 68 valence electrons. The minimum absolute atomic E-state index is 0.575. The van der Waals surface area contributed by atoms with E-state index in [-0.39, 0.29) is 0 Å². The molecule has 1 aromatic rings. The zero-order valence-corrected chi connectivity index (χ0v) is 9.11. The summed E-state index contributed by atoms with van der Waals surface area (Å²) in [4.78, 5) is 5.74. The van der Waals surface area contributed by atoms with E-state index in [0.717, 1.165) is 6.42 Å². The summed E-state index contributed by atoms with van der Waals surface area (Å²) in [6.07, 6.45) is 9.88. The Morgan fingerprint density at radius 2 is 2.00 bits per heavy atom. The van der Waals surface area contributed by atoms with Crippen molar-refractivity contribution in [3.63, 3.8) is 0 Å². The number of aromatic nitrogens is 1. The van der Waals surface area contributed by atoms with Crippen LogP contribution in [0.3, 0.4) is 0 Å². The Bertz CT molecular complexity index is 263. The van der Waals surface area contributed by atoms with E-state index < -0.39 is 10.0 Å². The first-order chi connectivity index (χ1) is 5.54. The largest absolute Gasteiger partial charge is 0.261 e. The summed E-state index contributed by atoms with van der Waals surface area (Å²) >= 11 is 0. The van der Waals surface area contributed by atoms with Crippen LogP contribution >= 0.6 is 10.0 Å². The molecule has 0 spiro atoms. The number of aryl methyl sites for hydroxylation is 1. The molecule has 0 atom stereocenters. The van der Waals surface area contributed by atoms with Crippen molar-refractivity contribution in [3.05, 3.63) is 24.0 Å². The van der Waals surface area contributed by atoms with Crippen LogP contribution in [0.5, 0.6) is 0 Å². The van der Waals surface area contributed by atoms with Gasteiger partial charge in [0.1, 0.15) is 0 Å². The van der Waals surface area contributed by atoms with Crippen LogP contribution in [-0.2, 0) is 6.42 Å². The Morgan fingerprint density at radius 3 is 2.50 bits per heavy atom. The van der Waals surface area contributed by atoms with E-state index in [2.05, 4.69) is 42.8 Å². The van der Waals surface area contributed by atoms with Crippen LogP contribution in [0, 0.1) is 0 Å². The summed E-state index contributed by atoms with van der Waals surface area (Å²) in [5, 5.41) is 0. The van der Waals surface area contributed by atoms with E-state index in [1.807, 2.05) is 6.20 Å². The molecule has 0 saturated carbocycles. The summed E-state index contributed by atoms with van der Waals surface area (Å²) < 4.78 is 0. The van der Waals surface area contributed by atoms with E-state index in [4.69, 9.17) is 0 Å². The second-order valence-electron chi connectivity index (χ2n) is 3.67. The van der Waals surface area contributed by atoms with Crippen molar-refractivity contribution >= 4 is 10.0 Å². The van der Waals surface area contributed by atoms with Gasteiger partial charge in [-0.1, -0.05) is 6.92 Å². The maximum absolute atomic E-state index is 4.28. The number of hydrogen-bond donors (Lipinski definition) is 0. The van der Waals surface area contributed by atoms with Gasteiger partial charge in [-0.15, -0.1) is 0 Å². The van der Waals surface area contributed by atoms with E-state index >= 15 is 0 Å². The van der Waals surface area contributed by atoms with Crippen LogP contribution in [0.4, 0.5) is 0 Å². The lowest BCUT2D eigenvalue weighted by Gasteiger charge is -2.25. The van der Waals surface area contributed by atoms with Gasteiger partial charge in [0.15, 0.2) is 0 Å². The van der Waals surface area contributed by atoms with E-state index in [0.29, 0.717) is 0 Å². The summed E-state index contributed by atoms with van der Waals surface area (Å²) in [5.74, 6) is 0. The summed E-state index contributed by atoms with van der Waals surface area (Å²) in [7, 11) is -0.575. The molecule has 0 unspecified atom stereocenters. The molecule has 0 aliphatic heterocycles. The SMILES string of the molecule is CCc1cc(S(C)(C)C)ccn1. The molecule has 1 nitrogen and oxygen atoms in total. The predicted octanol–water partition coefficient (Wildman–Crippen LogP) is 2.70. The number of rotatable bonds is 2. The molecule has 0 N–H and O–H groups in total. The van der Waals surface area contributed by atoms with E-state index in [1.54, 1.807) is 0 Å². The zero-order chi connectivity index (χ0) is 9.19. The first-order valence-corrected chi connectivity index (χ1v) is 7.03. The van der Waals surface area contributed by atoms with Gasteiger partial charge < -0.3 is 0 Å². The normalized spacial score (nSPS) is 13.0. The third kappa shape index (κ3) is 2.24. The summed E-state index contributed by atoms with van der Waals surface area (Å²) in [6, 6.07) is 4.36. The lowest BCUT2D eigenvalue weighted by molar-refractivity contribution is 1.02. The van der Waals surface area contributed by atoms with Crippen LogP contribution < -0.4 is 0 Å². The van der Waals surface area contributed by atoms with Crippen LogP contribution in [0.25, 0.3) is 0 Å². The topological polar surface area (TPSA) is 12.9 Å². The molecule has 1 aromatic heterocycles. The highest BCUT2D eigenvalue weighted by Gasteiger charge is 2.07. The highest BCUT2D eigenvalue weighted by atomic mass is 32.3. The number of hydrogen-bond acceptors (Lipinski definition) is 1. The zero-order valence-electron chi connectivity index (χ0n) is 8.29. The molecule has 0 saturated heterocycles. The van der Waals surface area contributed by atoms with Gasteiger partial charge in [0.2, 0.25) is 0 Å². The third-order valence-electron chi connectivity index (χ3n) is 1.86. The maximum Gasteiger partial charge on any atom is 0.0411 e. The molecule has 0 aromatic carbocycles. The fraction of sp³-hybridized carbons (Fsp3) is 0.500. The van der Waals surface area contributed by atoms with Crippen molar-refractivity contribution in [2.24, 2.45) is 0 Å². The lowest BCUT2D eigenvalue weighted by atomic mass is 10.3. The molecular weight excluding hydrogens is 166 g/mol. The average molecular weight is 183 g/mol. The first-order valence-electron chi connectivity index (χ1n) is 4.17. The van der Waals surface area contributed by atoms with Crippen molar-refractivity contribution in [2.45, 2.75) is 18.2 Å². The maximum atomic E-state index is 4.28. The Morgan fingerprint density at radius 1 is 1.33 bits per heavy atom. The van der Waals surface area contributed by atoms with E-state index in [9.17, 15) is 0 Å². The van der Waals surface area contributed by atoms with Gasteiger partial charge in [0.05, 0.1) is 0 Å². The molecule has 12 heavy (non-hydrogen) atoms. The number of nitrogens with zero attached hydrogens (tertiary/aromatic N) is 1. The minimum atomic E-state index is -0.575. The molecule has 1 rings (SSSR count). The quantitative estimate of drug-likeness (QED) is 0.687. The summed E-state index contributed by atoms with van der Waals surface area (Å²) in [6.45, 7) is 2.14. The Labute approximate surface area is 76.5 Å². The molecule has 0 aliphatic carbocycles. The van der Waals surface area contributed by atoms with Gasteiger partial charge in [0.25, 0.3) is 0 Å². The van der Waals surface area contributed by atoms with E-state index in [1.165, 1.54) is 10.6 Å². The molecule has 0 radical (unpaired) electrons. The Balaban J connectivity index is 3.02. The van der Waals surface area contributed by atoms with Gasteiger partial charge in [-0.2, -0.15) is 0 Å². The third-order valence-corrected chi connectivity index (χ3v) is 3.53. The van der Waals surface area contributed by atoms with Crippen LogP contribution in [-0.4, -0.2) is 23.8 Å². The molecule has 0 bridgehead atoms. The molecule has 0 amide bonds. The Kier molecular flexibility index (Phi) is 2.78. The molecule has 0 fully saturated rings. The van der Waals surface area contributed by atoms with Crippen molar-refractivity contribution in [3.8, 4) is 0 Å². The number of pyridine rings is 1. The van der Waals surface area contributed by atoms with Crippen molar-refractivity contribution in [2.75, 3.05) is 18.8 Å². The van der Waals surface area contributed by atoms with Crippen LogP contribution in [0.2, 0.25) is 0 Å². The predicted molar refractivity (Wildman–Crippen MR) is 57.2 cm³/mol. The van der Waals surface area contributed by atoms with Crippen molar-refractivity contribution in [1.82, 2.24) is 4.98 Å². The second-order valence-corrected chi connectivity index (χ2v) is 7.82. The molecule has 1 heterocycles. The first kappa shape index (κ1) is 9.59. The van der Waals surface area contributed by atoms with Crippen molar-refractivity contribution < 1.29 is 0 Å². The highest BCUT2D eigenvalue weighted by Crippen LogP contribution is 2.44. The van der Waals surface area contributed by atoms with Crippen LogP contribution in [0.1, 0.15) is 12.6 Å². The van der Waals surface area contributed by atoms with Gasteiger partial charge in [-0.3, -0.25) is 4.98 Å². The highest BCUT2D eigenvalue weighted by molar-refractivity contribution is 8.32. The Hall–Kier alpha value is -0.500. The van der Waals surface area contributed by atoms with Gasteiger partial charge in [0, 0.05) is 11.9 Å². The lowest BCUT2D eigenvalue weighted by Crippen LogP contribution is -1.95. The van der Waals surface area contributed by atoms with Gasteiger partial charge in [-0.25, -0.2) is 10.0 Å².